The van der Waals surface area contributed by atoms with E-state index >= 15 is 0 Å². The lowest BCUT2D eigenvalue weighted by atomic mass is 10.1. The summed E-state index contributed by atoms with van der Waals surface area (Å²) in [7, 11) is 1.83. The first kappa shape index (κ1) is 8.68. The van der Waals surface area contributed by atoms with E-state index in [1.54, 1.807) is 0 Å². The van der Waals surface area contributed by atoms with Gasteiger partial charge in [0.15, 0.2) is 6.29 Å². The molecule has 0 bridgehead atoms. The van der Waals surface area contributed by atoms with E-state index < -0.39 is 0 Å². The lowest BCUT2D eigenvalue weighted by Crippen LogP contribution is -2.47. The summed E-state index contributed by atoms with van der Waals surface area (Å²) >= 11 is 0. The summed E-state index contributed by atoms with van der Waals surface area (Å²) < 4.78 is 0. The lowest BCUT2D eigenvalue weighted by Gasteiger charge is -2.30. The summed E-state index contributed by atoms with van der Waals surface area (Å²) in [6.07, 6.45) is 4.69. The highest BCUT2D eigenvalue weighted by Crippen LogP contribution is 2.09. The lowest BCUT2D eigenvalue weighted by molar-refractivity contribution is -0.113. The van der Waals surface area contributed by atoms with Crippen molar-refractivity contribution >= 4 is 6.29 Å². The van der Waals surface area contributed by atoms with Gasteiger partial charge in [0, 0.05) is 13.1 Å². The summed E-state index contributed by atoms with van der Waals surface area (Å²) in [6, 6.07) is 0. The van der Waals surface area contributed by atoms with Crippen LogP contribution in [0.3, 0.4) is 0 Å². The molecule has 0 radical (unpaired) electrons. The summed E-state index contributed by atoms with van der Waals surface area (Å²) in [5, 5.41) is 2.98. The molecule has 11 heavy (non-hydrogen) atoms. The van der Waals surface area contributed by atoms with Crippen LogP contribution in [0.5, 0.6) is 0 Å². The van der Waals surface area contributed by atoms with Gasteiger partial charge in [-0.3, -0.25) is 10.2 Å². The van der Waals surface area contributed by atoms with Crippen molar-refractivity contribution in [3.63, 3.8) is 0 Å². The third-order valence-corrected chi connectivity index (χ3v) is 2.21. The Hall–Kier alpha value is -0.410. The number of hydrogen-bond acceptors (Lipinski definition) is 3. The molecule has 1 fully saturated rings. The number of rotatable bonds is 3. The number of hydrogen-bond donors (Lipinski definition) is 1. The number of likely N-dealkylation sites (tertiary alicyclic amines) is 1. The molecule has 0 aromatic carbocycles. The number of likely N-dealkylation sites (N-methyl/N-ethyl adjacent to an activating group) is 1. The van der Waals surface area contributed by atoms with Crippen molar-refractivity contribution in [2.75, 3.05) is 20.1 Å². The predicted octanol–water partition coefficient (Wildman–Crippen LogP) is 0.217. The minimum atomic E-state index is -0.0599. The van der Waals surface area contributed by atoms with Crippen LogP contribution in [0.2, 0.25) is 0 Å². The van der Waals surface area contributed by atoms with Crippen molar-refractivity contribution < 1.29 is 4.79 Å². The van der Waals surface area contributed by atoms with Crippen molar-refractivity contribution in [1.29, 1.82) is 0 Å². The topological polar surface area (TPSA) is 32.3 Å². The highest BCUT2D eigenvalue weighted by Gasteiger charge is 2.17. The van der Waals surface area contributed by atoms with Gasteiger partial charge >= 0.3 is 0 Å². The molecule has 1 N–H and O–H groups in total. The Morgan fingerprint density at radius 2 is 2.00 bits per heavy atom. The molecule has 1 atom stereocenters. The smallest absolute Gasteiger partial charge is 0.151 e. The minimum absolute atomic E-state index is 0.0599. The summed E-state index contributed by atoms with van der Waals surface area (Å²) in [6.45, 7) is 2.12. The number of nitrogens with one attached hydrogen (secondary N) is 1. The van der Waals surface area contributed by atoms with Crippen molar-refractivity contribution in [3.8, 4) is 0 Å². The summed E-state index contributed by atoms with van der Waals surface area (Å²) in [5.74, 6) is 0. The second kappa shape index (κ2) is 4.46. The van der Waals surface area contributed by atoms with E-state index in [4.69, 9.17) is 0 Å². The van der Waals surface area contributed by atoms with Crippen LogP contribution in [0.25, 0.3) is 0 Å². The van der Waals surface area contributed by atoms with Gasteiger partial charge < -0.3 is 4.79 Å². The molecular formula is C8H16N2O. The Bertz CT molecular complexity index is 121. The zero-order valence-electron chi connectivity index (χ0n) is 7.05. The molecule has 0 aromatic rings. The first-order chi connectivity index (χ1) is 5.38. The molecule has 0 aliphatic carbocycles. The maximum atomic E-state index is 10.5. The van der Waals surface area contributed by atoms with Crippen molar-refractivity contribution in [2.45, 2.75) is 25.4 Å². The van der Waals surface area contributed by atoms with Crippen molar-refractivity contribution in [1.82, 2.24) is 10.2 Å². The number of piperidine rings is 1. The molecule has 1 unspecified atom stereocenters. The van der Waals surface area contributed by atoms with Crippen LogP contribution >= 0.6 is 0 Å². The Balaban J connectivity index is 2.35. The van der Waals surface area contributed by atoms with Crippen LogP contribution in [0.15, 0.2) is 0 Å². The molecule has 1 rings (SSSR count). The predicted molar refractivity (Wildman–Crippen MR) is 44.3 cm³/mol. The van der Waals surface area contributed by atoms with E-state index in [0.29, 0.717) is 0 Å². The van der Waals surface area contributed by atoms with Crippen molar-refractivity contribution in [2.24, 2.45) is 0 Å². The van der Waals surface area contributed by atoms with Gasteiger partial charge in [-0.25, -0.2) is 0 Å². The first-order valence-electron chi connectivity index (χ1n) is 4.25. The molecule has 1 saturated heterocycles. The molecule has 3 nitrogen and oxygen atoms in total. The largest absolute Gasteiger partial charge is 0.300 e. The van der Waals surface area contributed by atoms with Gasteiger partial charge in [-0.05, 0) is 19.9 Å². The van der Waals surface area contributed by atoms with Crippen LogP contribution in [-0.2, 0) is 4.79 Å². The summed E-state index contributed by atoms with van der Waals surface area (Å²) in [5.41, 5.74) is 0. The Labute approximate surface area is 67.8 Å². The quantitative estimate of drug-likeness (QED) is 0.593. The monoisotopic (exact) mass is 156 g/mol. The van der Waals surface area contributed by atoms with Crippen LogP contribution < -0.4 is 5.32 Å². The first-order valence-corrected chi connectivity index (χ1v) is 4.25. The fraction of sp³-hybridized carbons (Fsp3) is 0.875. The molecule has 1 heterocycles. The van der Waals surface area contributed by atoms with E-state index in [1.807, 2.05) is 7.05 Å². The molecule has 1 aliphatic rings. The maximum Gasteiger partial charge on any atom is 0.151 e. The minimum Gasteiger partial charge on any atom is -0.300 e. The average molecular weight is 156 g/mol. The normalized spacial score (nSPS) is 23.0. The van der Waals surface area contributed by atoms with Gasteiger partial charge in [0.1, 0.15) is 6.17 Å². The molecule has 0 saturated carbocycles. The Morgan fingerprint density at radius 1 is 1.36 bits per heavy atom. The van der Waals surface area contributed by atoms with Crippen LogP contribution in [0, 0.1) is 0 Å². The average Bonchev–Trinajstić information content (AvgIpc) is 2.09. The van der Waals surface area contributed by atoms with Gasteiger partial charge in [0.25, 0.3) is 0 Å². The fourth-order valence-electron chi connectivity index (χ4n) is 1.53. The van der Waals surface area contributed by atoms with E-state index in [-0.39, 0.29) is 6.17 Å². The number of carbonyl (C=O) groups is 1. The van der Waals surface area contributed by atoms with Gasteiger partial charge in [0.2, 0.25) is 0 Å². The molecule has 64 valence electrons. The number of carbonyl (C=O) groups excluding carboxylic acids is 1. The molecule has 0 spiro atoms. The summed E-state index contributed by atoms with van der Waals surface area (Å²) in [4.78, 5) is 12.7. The van der Waals surface area contributed by atoms with Crippen molar-refractivity contribution in [3.05, 3.63) is 0 Å². The van der Waals surface area contributed by atoms with Gasteiger partial charge in [-0.2, -0.15) is 0 Å². The third-order valence-electron chi connectivity index (χ3n) is 2.21. The highest BCUT2D eigenvalue weighted by atomic mass is 16.1. The fourth-order valence-corrected chi connectivity index (χ4v) is 1.53. The second-order valence-electron chi connectivity index (χ2n) is 2.97. The van der Waals surface area contributed by atoms with Crippen LogP contribution in [-0.4, -0.2) is 37.5 Å². The zero-order valence-corrected chi connectivity index (χ0v) is 7.05. The Kier molecular flexibility index (Phi) is 3.52. The molecular weight excluding hydrogens is 140 g/mol. The van der Waals surface area contributed by atoms with E-state index in [2.05, 4.69) is 10.2 Å². The van der Waals surface area contributed by atoms with E-state index in [1.165, 1.54) is 19.3 Å². The van der Waals surface area contributed by atoms with E-state index in [0.717, 1.165) is 19.4 Å². The molecule has 1 aliphatic heterocycles. The second-order valence-corrected chi connectivity index (χ2v) is 2.97. The number of nitrogens with zero attached hydrogens (tertiary/aromatic N) is 1. The van der Waals surface area contributed by atoms with Crippen LogP contribution in [0.1, 0.15) is 19.3 Å². The standard InChI is InChI=1S/C8H16N2O/c1-9-8(7-11)10-5-3-2-4-6-10/h7-9H,2-6H2,1H3. The van der Waals surface area contributed by atoms with Crippen LogP contribution in [0.4, 0.5) is 0 Å². The Morgan fingerprint density at radius 3 is 2.45 bits per heavy atom. The van der Waals surface area contributed by atoms with Gasteiger partial charge in [-0.15, -0.1) is 0 Å². The molecule has 0 aromatic heterocycles. The highest BCUT2D eigenvalue weighted by molar-refractivity contribution is 5.56. The SMILES string of the molecule is CNC(C=O)N1CCCCC1. The zero-order chi connectivity index (χ0) is 8.10. The number of aldehydes is 1. The third kappa shape index (κ3) is 2.27. The van der Waals surface area contributed by atoms with Gasteiger partial charge in [-0.1, -0.05) is 6.42 Å². The molecule has 0 amide bonds. The van der Waals surface area contributed by atoms with E-state index in [9.17, 15) is 4.79 Å². The van der Waals surface area contributed by atoms with Gasteiger partial charge in [0.05, 0.1) is 0 Å². The molecule has 3 heteroatoms. The maximum absolute atomic E-state index is 10.5.